The van der Waals surface area contributed by atoms with E-state index in [-0.39, 0.29) is 11.6 Å². The SMILES string of the molecule is Cn1c(O)c(/C=C2\C=Nc3ncccc32)oc1=O. The first-order valence-electron chi connectivity index (χ1n) is 5.27. The van der Waals surface area contributed by atoms with Gasteiger partial charge in [0.25, 0.3) is 0 Å². The van der Waals surface area contributed by atoms with Crippen molar-refractivity contribution in [2.45, 2.75) is 0 Å². The Morgan fingerprint density at radius 1 is 1.50 bits per heavy atom. The summed E-state index contributed by atoms with van der Waals surface area (Å²) in [5.41, 5.74) is 1.58. The highest BCUT2D eigenvalue weighted by atomic mass is 16.4. The third-order valence-corrected chi connectivity index (χ3v) is 2.72. The number of aliphatic imine (C=N–C) groups is 1. The van der Waals surface area contributed by atoms with Crippen molar-refractivity contribution in [3.05, 3.63) is 40.2 Å². The number of rotatable bonds is 1. The number of pyridine rings is 1. The second kappa shape index (κ2) is 3.69. The maximum Gasteiger partial charge on any atom is 0.422 e. The maximum absolute atomic E-state index is 11.2. The molecule has 0 saturated carbocycles. The standard InChI is InChI=1S/C12H9N3O3/c1-15-11(16)9(18-12(15)17)5-7-6-14-10-8(7)3-2-4-13-10/h2-6,16H,1H3/b7-5+. The van der Waals surface area contributed by atoms with E-state index in [0.717, 1.165) is 15.7 Å². The van der Waals surface area contributed by atoms with Gasteiger partial charge in [0.2, 0.25) is 5.88 Å². The van der Waals surface area contributed by atoms with Crippen LogP contribution in [-0.4, -0.2) is 20.9 Å². The van der Waals surface area contributed by atoms with Gasteiger partial charge >= 0.3 is 5.76 Å². The second-order valence-electron chi connectivity index (χ2n) is 3.85. The summed E-state index contributed by atoms with van der Waals surface area (Å²) in [6.07, 6.45) is 4.83. The van der Waals surface area contributed by atoms with E-state index in [1.54, 1.807) is 24.6 Å². The van der Waals surface area contributed by atoms with Crippen LogP contribution in [0.5, 0.6) is 5.88 Å². The molecule has 0 radical (unpaired) electrons. The highest BCUT2D eigenvalue weighted by Gasteiger charge is 2.16. The van der Waals surface area contributed by atoms with Crippen molar-refractivity contribution in [2.24, 2.45) is 12.0 Å². The molecule has 1 aliphatic heterocycles. The molecule has 6 nitrogen and oxygen atoms in total. The zero-order valence-corrected chi connectivity index (χ0v) is 9.49. The van der Waals surface area contributed by atoms with E-state index in [9.17, 15) is 9.90 Å². The third-order valence-electron chi connectivity index (χ3n) is 2.72. The zero-order chi connectivity index (χ0) is 12.7. The van der Waals surface area contributed by atoms with Gasteiger partial charge in [0.1, 0.15) is 0 Å². The first-order valence-corrected chi connectivity index (χ1v) is 5.27. The Labute approximate surface area is 102 Å². The van der Waals surface area contributed by atoms with E-state index >= 15 is 0 Å². The number of aromatic nitrogens is 2. The Bertz CT molecular complexity index is 737. The molecule has 0 bridgehead atoms. The van der Waals surface area contributed by atoms with Gasteiger partial charge < -0.3 is 9.52 Å². The monoisotopic (exact) mass is 243 g/mol. The maximum atomic E-state index is 11.2. The molecule has 0 unspecified atom stereocenters. The van der Waals surface area contributed by atoms with Gasteiger partial charge in [-0.05, 0) is 18.2 Å². The van der Waals surface area contributed by atoms with E-state index < -0.39 is 5.76 Å². The lowest BCUT2D eigenvalue weighted by molar-refractivity contribution is 0.427. The molecule has 2 aromatic rings. The molecule has 0 aliphatic carbocycles. The number of aromatic hydroxyl groups is 1. The lowest BCUT2D eigenvalue weighted by atomic mass is 10.1. The Hall–Kier alpha value is -2.63. The number of allylic oxidation sites excluding steroid dienone is 1. The van der Waals surface area contributed by atoms with Gasteiger partial charge in [-0.25, -0.2) is 19.3 Å². The zero-order valence-electron chi connectivity index (χ0n) is 9.49. The van der Waals surface area contributed by atoms with Crippen LogP contribution in [0.4, 0.5) is 5.82 Å². The lowest BCUT2D eigenvalue weighted by Gasteiger charge is -1.96. The summed E-state index contributed by atoms with van der Waals surface area (Å²) in [6.45, 7) is 0. The van der Waals surface area contributed by atoms with Crippen LogP contribution < -0.4 is 5.76 Å². The molecule has 18 heavy (non-hydrogen) atoms. The van der Waals surface area contributed by atoms with Crippen molar-refractivity contribution in [3.8, 4) is 5.88 Å². The van der Waals surface area contributed by atoms with Crippen LogP contribution >= 0.6 is 0 Å². The van der Waals surface area contributed by atoms with E-state index in [4.69, 9.17) is 4.42 Å². The fourth-order valence-electron chi connectivity index (χ4n) is 1.74. The molecule has 3 rings (SSSR count). The van der Waals surface area contributed by atoms with Gasteiger partial charge in [-0.2, -0.15) is 0 Å². The first kappa shape index (κ1) is 10.5. The molecule has 0 fully saturated rings. The topological polar surface area (TPSA) is 80.6 Å². The highest BCUT2D eigenvalue weighted by Crippen LogP contribution is 2.31. The van der Waals surface area contributed by atoms with Crippen LogP contribution in [-0.2, 0) is 7.05 Å². The number of hydrogen-bond donors (Lipinski definition) is 1. The molecule has 0 amide bonds. The summed E-state index contributed by atoms with van der Waals surface area (Å²) in [6, 6.07) is 3.65. The third kappa shape index (κ3) is 1.46. The summed E-state index contributed by atoms with van der Waals surface area (Å²) in [5, 5.41) is 9.69. The summed E-state index contributed by atoms with van der Waals surface area (Å²) in [5.74, 6) is -0.0962. The Kier molecular flexibility index (Phi) is 2.16. The molecule has 0 atom stereocenters. The minimum absolute atomic E-state index is 0.112. The van der Waals surface area contributed by atoms with Crippen LogP contribution in [0.1, 0.15) is 11.3 Å². The minimum atomic E-state index is -0.610. The minimum Gasteiger partial charge on any atom is -0.492 e. The molecule has 0 spiro atoms. The van der Waals surface area contributed by atoms with Crippen molar-refractivity contribution in [3.63, 3.8) is 0 Å². The van der Waals surface area contributed by atoms with Crippen molar-refractivity contribution in [2.75, 3.05) is 0 Å². The predicted octanol–water partition coefficient (Wildman–Crippen LogP) is 1.34. The normalized spacial score (nSPS) is 15.3. The number of oxazole rings is 1. The van der Waals surface area contributed by atoms with Gasteiger partial charge in [0.15, 0.2) is 11.6 Å². The summed E-state index contributed by atoms with van der Waals surface area (Å²) >= 11 is 0. The predicted molar refractivity (Wildman–Crippen MR) is 65.9 cm³/mol. The van der Waals surface area contributed by atoms with Crippen molar-refractivity contribution >= 4 is 23.7 Å². The molecular weight excluding hydrogens is 234 g/mol. The lowest BCUT2D eigenvalue weighted by Crippen LogP contribution is -2.07. The number of fused-ring (bicyclic) bond motifs is 1. The fourth-order valence-corrected chi connectivity index (χ4v) is 1.74. The quantitative estimate of drug-likeness (QED) is 0.819. The van der Waals surface area contributed by atoms with Crippen LogP contribution in [0.15, 0.2) is 32.5 Å². The van der Waals surface area contributed by atoms with Crippen molar-refractivity contribution in [1.82, 2.24) is 9.55 Å². The number of nitrogens with zero attached hydrogens (tertiary/aromatic N) is 3. The fraction of sp³-hybridized carbons (Fsp3) is 0.0833. The van der Waals surface area contributed by atoms with Gasteiger partial charge in [-0.1, -0.05) is 0 Å². The average Bonchev–Trinajstić information content (AvgIpc) is 2.89. The number of hydrogen-bond acceptors (Lipinski definition) is 5. The molecular formula is C12H9N3O3. The highest BCUT2D eigenvalue weighted by molar-refractivity contribution is 6.20. The summed E-state index contributed by atoms with van der Waals surface area (Å²) < 4.78 is 5.95. The van der Waals surface area contributed by atoms with E-state index in [1.165, 1.54) is 7.05 Å². The summed E-state index contributed by atoms with van der Waals surface area (Å²) in [7, 11) is 1.43. The molecule has 6 heteroatoms. The Balaban J connectivity index is 2.12. The van der Waals surface area contributed by atoms with E-state index in [1.807, 2.05) is 6.07 Å². The largest absolute Gasteiger partial charge is 0.492 e. The molecule has 2 aromatic heterocycles. The van der Waals surface area contributed by atoms with Crippen LogP contribution in [0.25, 0.3) is 11.6 Å². The first-order chi connectivity index (χ1) is 8.66. The molecule has 90 valence electrons. The Morgan fingerprint density at radius 2 is 2.33 bits per heavy atom. The molecule has 1 N–H and O–H groups in total. The van der Waals surface area contributed by atoms with Crippen molar-refractivity contribution < 1.29 is 9.52 Å². The van der Waals surface area contributed by atoms with E-state index in [2.05, 4.69) is 9.98 Å². The molecule has 1 aliphatic rings. The van der Waals surface area contributed by atoms with Crippen LogP contribution in [0, 0.1) is 0 Å². The van der Waals surface area contributed by atoms with Gasteiger partial charge in [-0.3, -0.25) is 0 Å². The second-order valence-corrected chi connectivity index (χ2v) is 3.85. The van der Waals surface area contributed by atoms with Crippen LogP contribution in [0.2, 0.25) is 0 Å². The van der Waals surface area contributed by atoms with Gasteiger partial charge in [0, 0.05) is 30.6 Å². The van der Waals surface area contributed by atoms with E-state index in [0.29, 0.717) is 5.82 Å². The average molecular weight is 243 g/mol. The van der Waals surface area contributed by atoms with Crippen LogP contribution in [0.3, 0.4) is 0 Å². The molecule has 0 saturated heterocycles. The summed E-state index contributed by atoms with van der Waals surface area (Å²) in [4.78, 5) is 19.5. The molecule has 0 aromatic carbocycles. The smallest absolute Gasteiger partial charge is 0.422 e. The van der Waals surface area contributed by atoms with Crippen molar-refractivity contribution in [1.29, 1.82) is 0 Å². The Morgan fingerprint density at radius 3 is 3.06 bits per heavy atom. The molecule has 3 heterocycles. The van der Waals surface area contributed by atoms with Gasteiger partial charge in [-0.15, -0.1) is 0 Å². The van der Waals surface area contributed by atoms with Gasteiger partial charge in [0.05, 0.1) is 0 Å².